The molecule has 4 aliphatic heterocycles. The lowest BCUT2D eigenvalue weighted by Gasteiger charge is -2.35. The standard InChI is InChI=1S/C52H78N8O6S4/c1-33(53-7)47(67)57-37-23-27-69-41-29-51(3,4)43(59(41)49(37)63)45(61)55-39(35-19-13-11-14-20-35)31-65-25-17-9-10-18-26-66-32-40(36-21-15-12-16-22-36)56-46(62)44-52(5,6)30-42-60(44)50(64)38(24-28-70-42)58-48(68)34(2)54-8/h11-16,19-22,33-34,37-44,53-54H,9-10,17-18,23-32H2,1-8H3,(H,55,61)(H,56,62)(H,57,67)(H,58,68)/t33?,34?,37-,38-,39?,40?,41-,42-,43+,44+/m0/s1. The lowest BCUT2D eigenvalue weighted by Crippen LogP contribution is -2.58. The number of amides is 4. The Morgan fingerprint density at radius 2 is 1.01 bits per heavy atom. The summed E-state index contributed by atoms with van der Waals surface area (Å²) < 4.78 is 12.5. The first-order valence-corrected chi connectivity index (χ1v) is 28.1. The highest BCUT2D eigenvalue weighted by Crippen LogP contribution is 2.48. The lowest BCUT2D eigenvalue weighted by molar-refractivity contribution is -0.142. The van der Waals surface area contributed by atoms with Gasteiger partial charge in [0.15, 0.2) is 0 Å². The van der Waals surface area contributed by atoms with Gasteiger partial charge >= 0.3 is 0 Å². The van der Waals surface area contributed by atoms with Gasteiger partial charge in [-0.05, 0) is 99.9 Å². The van der Waals surface area contributed by atoms with Gasteiger partial charge in [0, 0.05) is 13.2 Å². The molecule has 4 aliphatic rings. The average Bonchev–Trinajstić information content (AvgIpc) is 3.66. The van der Waals surface area contributed by atoms with Crippen molar-refractivity contribution in [2.75, 3.05) is 52.0 Å². The Kier molecular flexibility index (Phi) is 20.8. The van der Waals surface area contributed by atoms with E-state index in [-0.39, 0.29) is 46.5 Å². The van der Waals surface area contributed by atoms with Gasteiger partial charge in [-0.3, -0.25) is 19.2 Å². The molecular formula is C52H78N8O6S4. The van der Waals surface area contributed by atoms with Crippen LogP contribution in [0.5, 0.6) is 0 Å². The second-order valence-electron chi connectivity index (χ2n) is 20.6. The SMILES string of the molecule is CNC(C)C(=S)N[C@H]1CCS[C@H]2CC(C)(C)[C@@H](C(=O)NC(COCCCCCCOCC(NC(=O)[C@H]3N4C(=O)[C@@H](NC(=S)C(C)NC)CCS[C@H]4CC3(C)C)c3ccccc3)c3ccccc3)N2C1=O. The fraction of sp³-hybridized carbons (Fsp3) is 0.654. The Labute approximate surface area is 436 Å². The number of nitrogens with zero attached hydrogens (tertiary/aromatic N) is 2. The Morgan fingerprint density at radius 3 is 1.37 bits per heavy atom. The van der Waals surface area contributed by atoms with Crippen molar-refractivity contribution in [3.05, 3.63) is 71.8 Å². The van der Waals surface area contributed by atoms with E-state index in [4.69, 9.17) is 33.9 Å². The Morgan fingerprint density at radius 1 is 0.643 bits per heavy atom. The first kappa shape index (κ1) is 55.9. The van der Waals surface area contributed by atoms with E-state index in [2.05, 4.69) is 59.6 Å². The Hall–Kier alpha value is -3.36. The molecular weight excluding hydrogens is 961 g/mol. The van der Waals surface area contributed by atoms with Gasteiger partial charge in [-0.1, -0.05) is 126 Å². The van der Waals surface area contributed by atoms with Crippen molar-refractivity contribution < 1.29 is 28.7 Å². The summed E-state index contributed by atoms with van der Waals surface area (Å²) in [5, 5.41) is 19.3. The van der Waals surface area contributed by atoms with E-state index in [1.54, 1.807) is 23.5 Å². The minimum absolute atomic E-state index is 0.0789. The highest BCUT2D eigenvalue weighted by Gasteiger charge is 2.56. The highest BCUT2D eigenvalue weighted by atomic mass is 32.2. The van der Waals surface area contributed by atoms with Crippen LogP contribution in [0.25, 0.3) is 0 Å². The number of hydrogen-bond donors (Lipinski definition) is 6. The molecule has 4 fully saturated rings. The summed E-state index contributed by atoms with van der Waals surface area (Å²) in [6.45, 7) is 13.9. The molecule has 386 valence electrons. The number of rotatable bonds is 23. The van der Waals surface area contributed by atoms with Crippen LogP contribution in [0.3, 0.4) is 0 Å². The van der Waals surface area contributed by atoms with E-state index >= 15 is 0 Å². The fourth-order valence-corrected chi connectivity index (χ4v) is 13.7. The van der Waals surface area contributed by atoms with Crippen LogP contribution in [0.15, 0.2) is 60.7 Å². The number of hydrogen-bond acceptors (Lipinski definition) is 12. The van der Waals surface area contributed by atoms with Crippen LogP contribution in [0, 0.1) is 10.8 Å². The third-order valence-corrected chi connectivity index (χ3v) is 17.8. The quantitative estimate of drug-likeness (QED) is 0.0546. The summed E-state index contributed by atoms with van der Waals surface area (Å²) in [5.74, 6) is 1.08. The first-order valence-electron chi connectivity index (χ1n) is 25.2. The summed E-state index contributed by atoms with van der Waals surface area (Å²) in [4.78, 5) is 62.1. The molecule has 0 bridgehead atoms. The second kappa shape index (κ2) is 26.0. The zero-order valence-electron chi connectivity index (χ0n) is 42.4. The van der Waals surface area contributed by atoms with Crippen molar-refractivity contribution in [3.8, 4) is 0 Å². The van der Waals surface area contributed by atoms with Crippen LogP contribution in [0.1, 0.15) is 116 Å². The monoisotopic (exact) mass is 1040 g/mol. The van der Waals surface area contributed by atoms with Crippen LogP contribution in [0.4, 0.5) is 0 Å². The molecule has 4 unspecified atom stereocenters. The maximum absolute atomic E-state index is 14.4. The molecule has 6 N–H and O–H groups in total. The summed E-state index contributed by atoms with van der Waals surface area (Å²) in [6, 6.07) is 16.5. The number of nitrogens with one attached hydrogen (secondary N) is 6. The third-order valence-electron chi connectivity index (χ3n) is 14.3. The first-order chi connectivity index (χ1) is 33.5. The average molecular weight is 1040 g/mol. The zero-order valence-corrected chi connectivity index (χ0v) is 45.7. The molecule has 0 aromatic heterocycles. The lowest BCUT2D eigenvalue weighted by atomic mass is 9.83. The van der Waals surface area contributed by atoms with Crippen molar-refractivity contribution in [2.45, 2.75) is 152 Å². The third kappa shape index (κ3) is 14.2. The summed E-state index contributed by atoms with van der Waals surface area (Å²) in [6.07, 6.45) is 6.30. The molecule has 2 aromatic rings. The van der Waals surface area contributed by atoms with Crippen molar-refractivity contribution in [1.29, 1.82) is 0 Å². The van der Waals surface area contributed by atoms with Gasteiger partial charge < -0.3 is 51.2 Å². The van der Waals surface area contributed by atoms with Gasteiger partial charge in [0.25, 0.3) is 0 Å². The van der Waals surface area contributed by atoms with Crippen LogP contribution in [-0.2, 0) is 28.7 Å². The zero-order chi connectivity index (χ0) is 50.6. The molecule has 0 aliphatic carbocycles. The molecule has 0 spiro atoms. The van der Waals surface area contributed by atoms with E-state index < -0.39 is 47.1 Å². The number of thiocarbonyl (C=S) groups is 2. The summed E-state index contributed by atoms with van der Waals surface area (Å²) >= 11 is 14.7. The number of carbonyl (C=O) groups is 4. The van der Waals surface area contributed by atoms with Crippen molar-refractivity contribution in [3.63, 3.8) is 0 Å². The van der Waals surface area contributed by atoms with Gasteiger partial charge in [-0.2, -0.15) is 0 Å². The molecule has 18 heteroatoms. The van der Waals surface area contributed by atoms with E-state index in [1.165, 1.54) is 0 Å². The molecule has 4 saturated heterocycles. The molecule has 14 nitrogen and oxygen atoms in total. The Balaban J connectivity index is 0.978. The Bertz CT molecular complexity index is 1940. The minimum Gasteiger partial charge on any atom is -0.379 e. The highest BCUT2D eigenvalue weighted by molar-refractivity contribution is 8.00. The van der Waals surface area contributed by atoms with Gasteiger partial charge in [0.1, 0.15) is 24.2 Å². The number of ether oxygens (including phenoxy) is 2. The van der Waals surface area contributed by atoms with E-state index in [0.29, 0.717) is 49.2 Å². The molecule has 2 aromatic carbocycles. The predicted octanol–water partition coefficient (Wildman–Crippen LogP) is 6.26. The smallest absolute Gasteiger partial charge is 0.246 e. The van der Waals surface area contributed by atoms with E-state index in [1.807, 2.05) is 98.4 Å². The number of thioether (sulfide) groups is 2. The van der Waals surface area contributed by atoms with E-state index in [0.717, 1.165) is 61.2 Å². The number of carbonyl (C=O) groups excluding carboxylic acids is 4. The number of unbranched alkanes of at least 4 members (excludes halogenated alkanes) is 3. The minimum atomic E-state index is -0.646. The molecule has 6 rings (SSSR count). The van der Waals surface area contributed by atoms with Gasteiger partial charge in [0.05, 0.1) is 58.1 Å². The van der Waals surface area contributed by atoms with Crippen LogP contribution in [-0.4, -0.2) is 142 Å². The summed E-state index contributed by atoms with van der Waals surface area (Å²) in [5.41, 5.74) is 1.02. The molecule has 0 saturated carbocycles. The second-order valence-corrected chi connectivity index (χ2v) is 24.0. The molecule has 4 amide bonds. The van der Waals surface area contributed by atoms with Gasteiger partial charge in [-0.15, -0.1) is 23.5 Å². The largest absolute Gasteiger partial charge is 0.379 e. The maximum atomic E-state index is 14.4. The number of benzene rings is 2. The van der Waals surface area contributed by atoms with Crippen molar-refractivity contribution >= 4 is 81.6 Å². The fourth-order valence-electron chi connectivity index (χ4n) is 10.0. The normalized spacial score (nSPS) is 25.6. The van der Waals surface area contributed by atoms with Crippen molar-refractivity contribution in [1.82, 2.24) is 41.7 Å². The van der Waals surface area contributed by atoms with Gasteiger partial charge in [-0.25, -0.2) is 0 Å². The predicted molar refractivity (Wildman–Crippen MR) is 291 cm³/mol. The maximum Gasteiger partial charge on any atom is 0.246 e. The van der Waals surface area contributed by atoms with Crippen LogP contribution < -0.4 is 31.9 Å². The topological polar surface area (TPSA) is 165 Å². The molecule has 70 heavy (non-hydrogen) atoms. The number of fused-ring (bicyclic) bond motifs is 2. The van der Waals surface area contributed by atoms with Crippen LogP contribution >= 0.6 is 48.0 Å². The van der Waals surface area contributed by atoms with E-state index in [9.17, 15) is 19.2 Å². The van der Waals surface area contributed by atoms with Crippen molar-refractivity contribution in [2.24, 2.45) is 10.8 Å². The molecule has 10 atom stereocenters. The molecule has 0 radical (unpaired) electrons. The van der Waals surface area contributed by atoms with Gasteiger partial charge in [0.2, 0.25) is 23.6 Å². The molecule has 4 heterocycles. The van der Waals surface area contributed by atoms with Crippen LogP contribution in [0.2, 0.25) is 0 Å². The summed E-state index contributed by atoms with van der Waals surface area (Å²) in [7, 11) is 3.68. The number of likely N-dealkylation sites (N-methyl/N-ethyl adjacent to an activating group) is 2.